The highest BCUT2D eigenvalue weighted by atomic mass is 19.4. The lowest BCUT2D eigenvalue weighted by atomic mass is 9.95. The van der Waals surface area contributed by atoms with Crippen LogP contribution in [-0.2, 0) is 16.1 Å². The van der Waals surface area contributed by atoms with Crippen LogP contribution in [0.4, 0.5) is 18.9 Å². The summed E-state index contributed by atoms with van der Waals surface area (Å²) in [5.41, 5.74) is -0.486. The normalized spacial score (nSPS) is 17.0. The Labute approximate surface area is 254 Å². The van der Waals surface area contributed by atoms with Gasteiger partial charge in [-0.2, -0.15) is 13.2 Å². The Balaban J connectivity index is 1.31. The van der Waals surface area contributed by atoms with Gasteiger partial charge in [0, 0.05) is 63.2 Å². The van der Waals surface area contributed by atoms with E-state index in [1.54, 1.807) is 37.3 Å². The molecule has 2 aromatic heterocycles. The third-order valence-electron chi connectivity index (χ3n) is 7.49. The van der Waals surface area contributed by atoms with Crippen LogP contribution in [0.15, 0.2) is 70.5 Å². The Bertz CT molecular complexity index is 1700. The first-order chi connectivity index (χ1) is 21.5. The molecule has 0 radical (unpaired) electrons. The molecule has 0 aliphatic carbocycles. The highest BCUT2D eigenvalue weighted by Gasteiger charge is 2.31. The van der Waals surface area contributed by atoms with Crippen LogP contribution < -0.4 is 30.5 Å². The monoisotopic (exact) mass is 629 g/mol. The summed E-state index contributed by atoms with van der Waals surface area (Å²) in [5, 5.41) is 0. The number of ether oxygens (including phenoxy) is 2. The molecule has 0 N–H and O–H groups in total. The fourth-order valence-corrected chi connectivity index (χ4v) is 5.24. The molecular formula is C30H30F3N5O7. The van der Waals surface area contributed by atoms with E-state index in [9.17, 15) is 32.3 Å². The van der Waals surface area contributed by atoms with Crippen LogP contribution in [0.5, 0.6) is 11.6 Å². The van der Waals surface area contributed by atoms with Gasteiger partial charge in [0.15, 0.2) is 6.61 Å². The van der Waals surface area contributed by atoms with Crippen molar-refractivity contribution in [1.82, 2.24) is 19.2 Å². The largest absolute Gasteiger partial charge is 0.482 e. The average Bonchev–Trinajstić information content (AvgIpc) is 3.02. The van der Waals surface area contributed by atoms with E-state index in [2.05, 4.69) is 9.88 Å². The standard InChI is InChI=1S/C30H30F3N5O7/c1-20(21-9-11-34-12-10-21)26-27(41)37(29(42)38-28(26)44-24(39)7-8-25(40)45-38)14-4-13-35-15-17-36(18-16-35)22-5-2-3-6-23(22)43-19-30(31,32)33/h2-3,5-12,20H,4,13-19H2,1H3/b8-7+. The maximum atomic E-state index is 13.8. The molecular weight excluding hydrogens is 599 g/mol. The zero-order valence-corrected chi connectivity index (χ0v) is 24.2. The average molecular weight is 630 g/mol. The van der Waals surface area contributed by atoms with Crippen molar-refractivity contribution >= 4 is 17.6 Å². The molecule has 5 rings (SSSR count). The first-order valence-electron chi connectivity index (χ1n) is 14.2. The van der Waals surface area contributed by atoms with Crippen LogP contribution in [0.2, 0.25) is 0 Å². The lowest BCUT2D eigenvalue weighted by Gasteiger charge is -2.36. The lowest BCUT2D eigenvalue weighted by molar-refractivity contribution is -0.153. The van der Waals surface area contributed by atoms with E-state index in [1.807, 2.05) is 4.90 Å². The zero-order valence-electron chi connectivity index (χ0n) is 24.2. The van der Waals surface area contributed by atoms with E-state index >= 15 is 0 Å². The smallest absolute Gasteiger partial charge is 0.422 e. The van der Waals surface area contributed by atoms with Gasteiger partial charge in [-0.3, -0.25) is 19.2 Å². The van der Waals surface area contributed by atoms with Crippen LogP contribution in [0.1, 0.15) is 30.4 Å². The molecule has 2 aliphatic rings. The molecule has 2 aliphatic heterocycles. The number of halogens is 3. The molecule has 0 bridgehead atoms. The van der Waals surface area contributed by atoms with Crippen LogP contribution in [0.3, 0.4) is 0 Å². The summed E-state index contributed by atoms with van der Waals surface area (Å²) < 4.78 is 50.0. The Kier molecular flexibility index (Phi) is 9.37. The molecule has 15 heteroatoms. The molecule has 45 heavy (non-hydrogen) atoms. The molecule has 0 spiro atoms. The summed E-state index contributed by atoms with van der Waals surface area (Å²) in [5.74, 6) is -2.93. The minimum Gasteiger partial charge on any atom is -0.482 e. The van der Waals surface area contributed by atoms with Crippen molar-refractivity contribution in [2.24, 2.45) is 0 Å². The van der Waals surface area contributed by atoms with Crippen LogP contribution in [-0.4, -0.2) is 76.6 Å². The molecule has 1 unspecified atom stereocenters. The number of fused-ring (bicyclic) bond motifs is 1. The molecule has 1 aromatic carbocycles. The van der Waals surface area contributed by atoms with Gasteiger partial charge < -0.3 is 19.2 Å². The lowest BCUT2D eigenvalue weighted by Crippen LogP contribution is -2.48. The summed E-state index contributed by atoms with van der Waals surface area (Å²) in [7, 11) is 0. The van der Waals surface area contributed by atoms with Crippen molar-refractivity contribution in [3.05, 3.63) is 92.9 Å². The third-order valence-corrected chi connectivity index (χ3v) is 7.49. The van der Waals surface area contributed by atoms with Gasteiger partial charge in [-0.05, 0) is 42.8 Å². The number of rotatable bonds is 9. The van der Waals surface area contributed by atoms with Gasteiger partial charge in [0.1, 0.15) is 5.75 Å². The number of esters is 1. The van der Waals surface area contributed by atoms with Crippen molar-refractivity contribution < 1.29 is 37.1 Å². The number of aromatic nitrogens is 3. The number of piperazine rings is 1. The number of benzene rings is 1. The van der Waals surface area contributed by atoms with Crippen molar-refractivity contribution in [3.8, 4) is 11.6 Å². The van der Waals surface area contributed by atoms with Crippen LogP contribution in [0, 0.1) is 0 Å². The number of carbonyl (C=O) groups excluding carboxylic acids is 2. The molecule has 3 aromatic rings. The molecule has 1 atom stereocenters. The van der Waals surface area contributed by atoms with Gasteiger partial charge >= 0.3 is 23.8 Å². The molecule has 12 nitrogen and oxygen atoms in total. The Morgan fingerprint density at radius 1 is 0.933 bits per heavy atom. The number of para-hydroxylation sites is 2. The maximum Gasteiger partial charge on any atom is 0.422 e. The van der Waals surface area contributed by atoms with Crippen LogP contribution in [0.25, 0.3) is 0 Å². The number of hydrogen-bond donors (Lipinski definition) is 0. The quantitative estimate of drug-likeness (QED) is 0.325. The predicted molar refractivity (Wildman–Crippen MR) is 154 cm³/mol. The van der Waals surface area contributed by atoms with Crippen molar-refractivity contribution in [2.75, 3.05) is 44.2 Å². The van der Waals surface area contributed by atoms with Gasteiger partial charge in [-0.15, -0.1) is 0 Å². The number of pyridine rings is 1. The SMILES string of the molecule is CC(c1ccncc1)c1c2n(c(=O)n(CCCN3CCN(c4ccccc4OCC(F)(F)F)CC3)c1=O)OC(=O)/C=C/C(=O)O2. The Hall–Kier alpha value is -4.92. The number of alkyl halides is 3. The highest BCUT2D eigenvalue weighted by Crippen LogP contribution is 2.31. The second kappa shape index (κ2) is 13.4. The highest BCUT2D eigenvalue weighted by molar-refractivity contribution is 5.93. The summed E-state index contributed by atoms with van der Waals surface area (Å²) >= 11 is 0. The minimum atomic E-state index is -4.45. The van der Waals surface area contributed by atoms with Gasteiger partial charge in [-0.25, -0.2) is 14.4 Å². The number of hydrogen-bond acceptors (Lipinski definition) is 10. The first-order valence-corrected chi connectivity index (χ1v) is 14.2. The molecule has 1 saturated heterocycles. The Morgan fingerprint density at radius 2 is 1.62 bits per heavy atom. The number of carbonyl (C=O) groups is 2. The second-order valence-corrected chi connectivity index (χ2v) is 10.5. The summed E-state index contributed by atoms with van der Waals surface area (Å²) in [6, 6.07) is 9.92. The summed E-state index contributed by atoms with van der Waals surface area (Å²) in [4.78, 5) is 65.0. The van der Waals surface area contributed by atoms with Gasteiger partial charge in [-0.1, -0.05) is 23.8 Å². The molecule has 238 valence electrons. The Morgan fingerprint density at radius 3 is 2.33 bits per heavy atom. The van der Waals surface area contributed by atoms with Gasteiger partial charge in [0.05, 0.1) is 11.3 Å². The summed E-state index contributed by atoms with van der Waals surface area (Å²) in [6.07, 6.45) is 0.651. The van der Waals surface area contributed by atoms with Crippen molar-refractivity contribution in [1.29, 1.82) is 0 Å². The van der Waals surface area contributed by atoms with E-state index in [-0.39, 0.29) is 17.9 Å². The van der Waals surface area contributed by atoms with E-state index in [4.69, 9.17) is 14.3 Å². The first kappa shape index (κ1) is 31.5. The van der Waals surface area contributed by atoms with E-state index in [0.717, 1.165) is 16.7 Å². The second-order valence-electron chi connectivity index (χ2n) is 10.5. The van der Waals surface area contributed by atoms with E-state index in [0.29, 0.717) is 55.1 Å². The number of nitrogens with zero attached hydrogens (tertiary/aromatic N) is 5. The minimum absolute atomic E-state index is 0.0241. The molecule has 0 amide bonds. The summed E-state index contributed by atoms with van der Waals surface area (Å²) in [6.45, 7) is 2.99. The fraction of sp³-hybridized carbons (Fsp3) is 0.367. The molecule has 1 fully saturated rings. The van der Waals surface area contributed by atoms with E-state index < -0.39 is 47.8 Å². The van der Waals surface area contributed by atoms with E-state index in [1.165, 1.54) is 18.5 Å². The van der Waals surface area contributed by atoms with Crippen molar-refractivity contribution in [2.45, 2.75) is 32.0 Å². The fourth-order valence-electron chi connectivity index (χ4n) is 5.24. The topological polar surface area (TPSA) is 125 Å². The predicted octanol–water partition coefficient (Wildman–Crippen LogP) is 2.14. The van der Waals surface area contributed by atoms with Crippen molar-refractivity contribution in [3.63, 3.8) is 0 Å². The van der Waals surface area contributed by atoms with Gasteiger partial charge in [0.25, 0.3) is 11.4 Å². The molecule has 4 heterocycles. The maximum absolute atomic E-state index is 13.8. The molecule has 0 saturated carbocycles. The zero-order chi connectivity index (χ0) is 32.1. The van der Waals surface area contributed by atoms with Gasteiger partial charge in [0.2, 0.25) is 0 Å². The van der Waals surface area contributed by atoms with Crippen LogP contribution >= 0.6 is 0 Å². The third kappa shape index (κ3) is 7.42. The number of anilines is 1.